The summed E-state index contributed by atoms with van der Waals surface area (Å²) in [4.78, 5) is 22.7. The Morgan fingerprint density at radius 1 is 0.702 bits per heavy atom. The van der Waals surface area contributed by atoms with Crippen molar-refractivity contribution in [1.82, 2.24) is 5.32 Å². The molecular formula is C38H78N2O6P+. The second-order valence-electron chi connectivity index (χ2n) is 14.7. The van der Waals surface area contributed by atoms with Gasteiger partial charge in [-0.05, 0) is 19.3 Å². The van der Waals surface area contributed by atoms with Crippen LogP contribution in [0.2, 0.25) is 0 Å². The van der Waals surface area contributed by atoms with Gasteiger partial charge in [0.15, 0.2) is 0 Å². The van der Waals surface area contributed by atoms with E-state index in [1.807, 2.05) is 27.2 Å². The molecule has 0 aliphatic carbocycles. The van der Waals surface area contributed by atoms with Crippen molar-refractivity contribution in [2.75, 3.05) is 40.9 Å². The van der Waals surface area contributed by atoms with Gasteiger partial charge in [-0.15, -0.1) is 0 Å². The third-order valence-corrected chi connectivity index (χ3v) is 9.74. The number of nitrogens with one attached hydrogen (secondary N) is 1. The number of carbonyl (C=O) groups excluding carboxylic acids is 1. The van der Waals surface area contributed by atoms with Crippen LogP contribution in [-0.2, 0) is 18.4 Å². The molecule has 0 saturated carbocycles. The van der Waals surface area contributed by atoms with E-state index in [1.54, 1.807) is 6.08 Å². The number of phosphoric acid groups is 1. The van der Waals surface area contributed by atoms with E-state index < -0.39 is 20.0 Å². The first-order chi connectivity index (χ1) is 22.5. The first-order valence-electron chi connectivity index (χ1n) is 19.6. The Morgan fingerprint density at radius 3 is 1.57 bits per heavy atom. The van der Waals surface area contributed by atoms with E-state index in [2.05, 4.69) is 19.2 Å². The molecule has 0 aromatic carbocycles. The van der Waals surface area contributed by atoms with Gasteiger partial charge in [-0.25, -0.2) is 4.57 Å². The monoisotopic (exact) mass is 690 g/mol. The lowest BCUT2D eigenvalue weighted by atomic mass is 10.0. The van der Waals surface area contributed by atoms with E-state index in [-0.39, 0.29) is 19.1 Å². The molecule has 0 spiro atoms. The van der Waals surface area contributed by atoms with Crippen LogP contribution >= 0.6 is 7.82 Å². The number of phosphoric ester groups is 1. The highest BCUT2D eigenvalue weighted by molar-refractivity contribution is 7.47. The number of allylic oxidation sites excluding steroid dienone is 1. The highest BCUT2D eigenvalue weighted by atomic mass is 31.2. The summed E-state index contributed by atoms with van der Waals surface area (Å²) in [5.41, 5.74) is 0. The Bertz CT molecular complexity index is 789. The zero-order chi connectivity index (χ0) is 35.1. The van der Waals surface area contributed by atoms with Gasteiger partial charge in [-0.1, -0.05) is 161 Å². The number of carbonyl (C=O) groups is 1. The fraction of sp³-hybridized carbons (Fsp3) is 0.921. The summed E-state index contributed by atoms with van der Waals surface area (Å²) in [6.07, 6.45) is 33.4. The standard InChI is InChI=1S/C38H77N2O6P/c1-6-8-10-12-13-14-15-16-17-18-19-20-21-22-23-24-25-26-27-28-29-31-37(41)36(39-38(42)32-30-11-9-7-2)35-46-47(43,44)45-34-33-40(3,4)5/h29,31,36-37,41H,6-28,30,32-35H2,1-5H3,(H-,39,42,43,44)/p+1/b31-29+. The van der Waals surface area contributed by atoms with E-state index >= 15 is 0 Å². The maximum Gasteiger partial charge on any atom is 0.472 e. The number of quaternary nitrogens is 1. The van der Waals surface area contributed by atoms with Gasteiger partial charge >= 0.3 is 7.82 Å². The molecule has 0 aliphatic rings. The number of amides is 1. The number of aliphatic hydroxyl groups is 1. The lowest BCUT2D eigenvalue weighted by Gasteiger charge is -2.25. The Labute approximate surface area is 291 Å². The van der Waals surface area contributed by atoms with Crippen LogP contribution in [0.25, 0.3) is 0 Å². The van der Waals surface area contributed by atoms with Gasteiger partial charge in [0.25, 0.3) is 0 Å². The summed E-state index contributed by atoms with van der Waals surface area (Å²) >= 11 is 0. The number of nitrogens with zero attached hydrogens (tertiary/aromatic N) is 1. The smallest absolute Gasteiger partial charge is 0.387 e. The summed E-state index contributed by atoms with van der Waals surface area (Å²) in [6.45, 7) is 4.68. The molecule has 9 heteroatoms. The average Bonchev–Trinajstić information content (AvgIpc) is 3.01. The average molecular weight is 690 g/mol. The van der Waals surface area contributed by atoms with Crippen molar-refractivity contribution in [3.05, 3.63) is 12.2 Å². The summed E-state index contributed by atoms with van der Waals surface area (Å²) in [5.74, 6) is -0.195. The molecule has 0 fully saturated rings. The molecule has 0 aromatic heterocycles. The molecule has 0 bridgehead atoms. The number of hydrogen-bond donors (Lipinski definition) is 3. The molecule has 3 N–H and O–H groups in total. The number of hydrogen-bond acceptors (Lipinski definition) is 5. The fourth-order valence-electron chi connectivity index (χ4n) is 5.57. The van der Waals surface area contributed by atoms with Gasteiger partial charge in [0, 0.05) is 6.42 Å². The van der Waals surface area contributed by atoms with Crippen molar-refractivity contribution in [1.29, 1.82) is 0 Å². The normalized spacial score (nSPS) is 14.8. The van der Waals surface area contributed by atoms with E-state index in [1.165, 1.54) is 116 Å². The Morgan fingerprint density at radius 2 is 1.13 bits per heavy atom. The van der Waals surface area contributed by atoms with E-state index in [4.69, 9.17) is 9.05 Å². The quantitative estimate of drug-likeness (QED) is 0.0265. The van der Waals surface area contributed by atoms with Crippen molar-refractivity contribution in [3.63, 3.8) is 0 Å². The topological polar surface area (TPSA) is 105 Å². The lowest BCUT2D eigenvalue weighted by Crippen LogP contribution is -2.45. The van der Waals surface area contributed by atoms with Gasteiger partial charge in [0.2, 0.25) is 5.91 Å². The molecule has 3 unspecified atom stereocenters. The van der Waals surface area contributed by atoms with Crippen molar-refractivity contribution in [2.45, 2.75) is 187 Å². The van der Waals surface area contributed by atoms with Crippen molar-refractivity contribution < 1.29 is 32.9 Å². The summed E-state index contributed by atoms with van der Waals surface area (Å²) < 4.78 is 23.3. The van der Waals surface area contributed by atoms with Gasteiger partial charge in [-0.3, -0.25) is 13.8 Å². The van der Waals surface area contributed by atoms with Crippen LogP contribution in [0.5, 0.6) is 0 Å². The molecule has 47 heavy (non-hydrogen) atoms. The SMILES string of the molecule is CCCCCCCCCCCCCCCCCCCCC/C=C/C(O)C(COP(=O)(O)OCC[N+](C)(C)C)NC(=O)CCCCCC. The number of aliphatic hydroxyl groups excluding tert-OH is 1. The molecule has 0 radical (unpaired) electrons. The van der Waals surface area contributed by atoms with Crippen molar-refractivity contribution in [2.24, 2.45) is 0 Å². The highest BCUT2D eigenvalue weighted by Gasteiger charge is 2.27. The predicted molar refractivity (Wildman–Crippen MR) is 198 cm³/mol. The Kier molecular flexibility index (Phi) is 30.7. The minimum Gasteiger partial charge on any atom is -0.387 e. The van der Waals surface area contributed by atoms with E-state index in [0.717, 1.165) is 38.5 Å². The number of unbranched alkanes of at least 4 members (excludes halogenated alkanes) is 22. The molecule has 0 aromatic rings. The first kappa shape index (κ1) is 46.2. The third-order valence-electron chi connectivity index (χ3n) is 8.76. The lowest BCUT2D eigenvalue weighted by molar-refractivity contribution is -0.870. The highest BCUT2D eigenvalue weighted by Crippen LogP contribution is 2.43. The minimum absolute atomic E-state index is 0.0631. The first-order valence-corrected chi connectivity index (χ1v) is 21.1. The van der Waals surface area contributed by atoms with Crippen LogP contribution in [0, 0.1) is 0 Å². The zero-order valence-corrected chi connectivity index (χ0v) is 32.4. The van der Waals surface area contributed by atoms with Crippen molar-refractivity contribution >= 4 is 13.7 Å². The zero-order valence-electron chi connectivity index (χ0n) is 31.5. The molecule has 280 valence electrons. The maximum atomic E-state index is 12.5. The molecule has 0 heterocycles. The van der Waals surface area contributed by atoms with E-state index in [0.29, 0.717) is 17.4 Å². The van der Waals surface area contributed by atoms with Crippen LogP contribution in [-0.4, -0.2) is 73.4 Å². The maximum absolute atomic E-state index is 12.5. The molecule has 8 nitrogen and oxygen atoms in total. The molecule has 1 amide bonds. The van der Waals surface area contributed by atoms with Crippen LogP contribution in [0.15, 0.2) is 12.2 Å². The number of rotatable bonds is 35. The van der Waals surface area contributed by atoms with Crippen molar-refractivity contribution in [3.8, 4) is 0 Å². The molecule has 0 aliphatic heterocycles. The summed E-state index contributed by atoms with van der Waals surface area (Å²) in [6, 6.07) is -0.836. The predicted octanol–water partition coefficient (Wildman–Crippen LogP) is 10.0. The second kappa shape index (κ2) is 31.2. The second-order valence-corrected chi connectivity index (χ2v) is 16.1. The largest absolute Gasteiger partial charge is 0.472 e. The van der Waals surface area contributed by atoms with Crippen LogP contribution < -0.4 is 5.32 Å². The van der Waals surface area contributed by atoms with Gasteiger partial charge in [0.05, 0.1) is 39.9 Å². The van der Waals surface area contributed by atoms with Gasteiger partial charge in [0.1, 0.15) is 13.2 Å². The molecule has 3 atom stereocenters. The van der Waals surface area contributed by atoms with Crippen LogP contribution in [0.1, 0.15) is 174 Å². The van der Waals surface area contributed by atoms with Crippen LogP contribution in [0.3, 0.4) is 0 Å². The van der Waals surface area contributed by atoms with E-state index in [9.17, 15) is 19.4 Å². The molecule has 0 rings (SSSR count). The summed E-state index contributed by atoms with van der Waals surface area (Å²) in [7, 11) is 1.57. The van der Waals surface area contributed by atoms with Gasteiger partial charge < -0.3 is 19.8 Å². The fourth-order valence-corrected chi connectivity index (χ4v) is 6.31. The minimum atomic E-state index is -4.31. The Hall–Kier alpha value is -0.760. The molecule has 0 saturated heterocycles. The summed E-state index contributed by atoms with van der Waals surface area (Å²) in [5, 5.41) is 13.6. The third kappa shape index (κ3) is 33.5. The molecular weight excluding hydrogens is 611 g/mol. The van der Waals surface area contributed by atoms with Crippen LogP contribution in [0.4, 0.5) is 0 Å². The number of likely N-dealkylation sites (N-methyl/N-ethyl adjacent to an activating group) is 1. The van der Waals surface area contributed by atoms with Gasteiger partial charge in [-0.2, -0.15) is 0 Å². The Balaban J connectivity index is 4.16.